The topological polar surface area (TPSA) is 45.4 Å². The molecular formula is C15H18F3NO2. The molecule has 2 rings (SSSR count). The Labute approximate surface area is 120 Å². The van der Waals surface area contributed by atoms with E-state index in [4.69, 9.17) is 4.42 Å². The molecule has 0 aliphatic rings. The van der Waals surface area contributed by atoms with E-state index in [9.17, 15) is 18.3 Å². The molecule has 2 aromatic rings. The van der Waals surface area contributed by atoms with Gasteiger partial charge in [0, 0.05) is 17.8 Å². The van der Waals surface area contributed by atoms with Gasteiger partial charge in [0.1, 0.15) is 17.9 Å². The summed E-state index contributed by atoms with van der Waals surface area (Å²) in [6, 6.07) is 5.34. The molecule has 0 saturated heterocycles. The lowest BCUT2D eigenvalue weighted by Crippen LogP contribution is -2.51. The highest BCUT2D eigenvalue weighted by atomic mass is 19.3. The van der Waals surface area contributed by atoms with Crippen molar-refractivity contribution in [3.63, 3.8) is 0 Å². The molecule has 0 aliphatic carbocycles. The first-order valence-electron chi connectivity index (χ1n) is 6.79. The third-order valence-corrected chi connectivity index (χ3v) is 3.60. The number of rotatable bonds is 7. The molecule has 1 heterocycles. The molecule has 0 amide bonds. The Bertz CT molecular complexity index is 587. The molecule has 1 aromatic heterocycles. The van der Waals surface area contributed by atoms with E-state index in [0.717, 1.165) is 5.39 Å². The Morgan fingerprint density at radius 1 is 1.33 bits per heavy atom. The Hall–Kier alpha value is -1.53. The molecule has 0 fully saturated rings. The summed E-state index contributed by atoms with van der Waals surface area (Å²) < 4.78 is 44.1. The van der Waals surface area contributed by atoms with Crippen molar-refractivity contribution in [1.29, 1.82) is 0 Å². The molecular weight excluding hydrogens is 283 g/mol. The van der Waals surface area contributed by atoms with Crippen LogP contribution in [-0.4, -0.2) is 30.8 Å². The number of likely N-dealkylation sites (N-methyl/N-ethyl adjacent to an activating group) is 1. The first kappa shape index (κ1) is 15.9. The number of fused-ring (bicyclic) bond motifs is 1. The van der Waals surface area contributed by atoms with Crippen LogP contribution in [0, 0.1) is 0 Å². The summed E-state index contributed by atoms with van der Waals surface area (Å²) in [6.07, 6.45) is -1.80. The average molecular weight is 301 g/mol. The number of nitrogens with one attached hydrogen (secondary N) is 1. The molecule has 3 nitrogen and oxygen atoms in total. The summed E-state index contributed by atoms with van der Waals surface area (Å²) in [5.41, 5.74) is -1.32. The van der Waals surface area contributed by atoms with Crippen molar-refractivity contribution in [3.05, 3.63) is 36.1 Å². The van der Waals surface area contributed by atoms with E-state index < -0.39 is 31.2 Å². The number of halogens is 3. The molecule has 1 aromatic carbocycles. The van der Waals surface area contributed by atoms with Gasteiger partial charge in [0.25, 0.3) is 0 Å². The van der Waals surface area contributed by atoms with Crippen LogP contribution >= 0.6 is 0 Å². The molecule has 2 atom stereocenters. The van der Waals surface area contributed by atoms with Gasteiger partial charge in [-0.1, -0.05) is 19.1 Å². The minimum Gasteiger partial charge on any atom is -0.464 e. The third-order valence-electron chi connectivity index (χ3n) is 3.60. The monoisotopic (exact) mass is 301 g/mol. The molecule has 0 bridgehead atoms. The minimum atomic E-state index is -2.64. The Balaban J connectivity index is 2.40. The van der Waals surface area contributed by atoms with Gasteiger partial charge < -0.3 is 14.8 Å². The van der Waals surface area contributed by atoms with Crippen LogP contribution in [-0.2, 0) is 5.60 Å². The fourth-order valence-electron chi connectivity index (χ4n) is 2.47. The van der Waals surface area contributed by atoms with Gasteiger partial charge in [-0.3, -0.25) is 0 Å². The highest BCUT2D eigenvalue weighted by molar-refractivity contribution is 5.77. The van der Waals surface area contributed by atoms with Crippen LogP contribution in [0.4, 0.5) is 13.2 Å². The van der Waals surface area contributed by atoms with Gasteiger partial charge in [-0.15, -0.1) is 0 Å². The number of aliphatic hydroxyl groups is 1. The second kappa shape index (κ2) is 6.49. The van der Waals surface area contributed by atoms with Gasteiger partial charge in [0.15, 0.2) is 0 Å². The number of hydrogen-bond acceptors (Lipinski definition) is 3. The number of furan rings is 1. The smallest absolute Gasteiger partial charge is 0.240 e. The molecule has 6 heteroatoms. The van der Waals surface area contributed by atoms with Gasteiger partial charge in [-0.05, 0) is 24.2 Å². The van der Waals surface area contributed by atoms with E-state index >= 15 is 0 Å². The van der Waals surface area contributed by atoms with Crippen molar-refractivity contribution in [3.8, 4) is 0 Å². The van der Waals surface area contributed by atoms with Crippen LogP contribution in [0.15, 0.2) is 34.9 Å². The summed E-state index contributed by atoms with van der Waals surface area (Å²) in [6.45, 7) is 0.902. The van der Waals surface area contributed by atoms with Crippen molar-refractivity contribution in [2.24, 2.45) is 0 Å². The predicted octanol–water partition coefficient (Wildman–Crippen LogP) is 3.22. The average Bonchev–Trinajstić information content (AvgIpc) is 2.93. The maximum Gasteiger partial charge on any atom is 0.240 e. The summed E-state index contributed by atoms with van der Waals surface area (Å²) in [5, 5.41) is 14.2. The number of benzene rings is 1. The highest BCUT2D eigenvalue weighted by Gasteiger charge is 2.40. The SMILES string of the molecule is CCNC(CC(F)F)C(O)(CF)c1ccc2ccoc2c1. The Morgan fingerprint density at radius 2 is 2.10 bits per heavy atom. The van der Waals surface area contributed by atoms with Crippen molar-refractivity contribution in [1.82, 2.24) is 5.32 Å². The molecule has 116 valence electrons. The van der Waals surface area contributed by atoms with Crippen LogP contribution in [0.2, 0.25) is 0 Å². The van der Waals surface area contributed by atoms with E-state index in [1.807, 2.05) is 0 Å². The van der Waals surface area contributed by atoms with Crippen LogP contribution in [0.3, 0.4) is 0 Å². The first-order chi connectivity index (χ1) is 10.0. The molecule has 0 saturated carbocycles. The zero-order valence-electron chi connectivity index (χ0n) is 11.7. The molecule has 21 heavy (non-hydrogen) atoms. The Morgan fingerprint density at radius 3 is 2.71 bits per heavy atom. The van der Waals surface area contributed by atoms with Crippen molar-refractivity contribution >= 4 is 11.0 Å². The van der Waals surface area contributed by atoms with E-state index in [1.54, 1.807) is 19.1 Å². The second-order valence-electron chi connectivity index (χ2n) is 4.97. The molecule has 0 aliphatic heterocycles. The lowest BCUT2D eigenvalue weighted by atomic mass is 9.85. The van der Waals surface area contributed by atoms with E-state index in [2.05, 4.69) is 5.32 Å². The highest BCUT2D eigenvalue weighted by Crippen LogP contribution is 2.31. The number of alkyl halides is 3. The van der Waals surface area contributed by atoms with Crippen LogP contribution in [0.1, 0.15) is 18.9 Å². The Kier molecular flexibility index (Phi) is 4.90. The van der Waals surface area contributed by atoms with Crippen molar-refractivity contribution in [2.45, 2.75) is 31.4 Å². The largest absolute Gasteiger partial charge is 0.464 e. The number of hydrogen-bond donors (Lipinski definition) is 2. The van der Waals surface area contributed by atoms with Crippen molar-refractivity contribution in [2.75, 3.05) is 13.2 Å². The molecule has 2 N–H and O–H groups in total. The maximum absolute atomic E-state index is 13.5. The summed E-state index contributed by atoms with van der Waals surface area (Å²) in [4.78, 5) is 0. The fraction of sp³-hybridized carbons (Fsp3) is 0.467. The fourth-order valence-corrected chi connectivity index (χ4v) is 2.47. The zero-order chi connectivity index (χ0) is 15.5. The lowest BCUT2D eigenvalue weighted by Gasteiger charge is -2.35. The quantitative estimate of drug-likeness (QED) is 0.825. The van der Waals surface area contributed by atoms with Gasteiger partial charge in [0.2, 0.25) is 6.43 Å². The second-order valence-corrected chi connectivity index (χ2v) is 4.97. The maximum atomic E-state index is 13.5. The van der Waals surface area contributed by atoms with Gasteiger partial charge >= 0.3 is 0 Å². The third kappa shape index (κ3) is 3.22. The van der Waals surface area contributed by atoms with E-state index in [0.29, 0.717) is 12.1 Å². The molecule has 2 unspecified atom stereocenters. The van der Waals surface area contributed by atoms with E-state index in [-0.39, 0.29) is 5.56 Å². The molecule has 0 radical (unpaired) electrons. The summed E-state index contributed by atoms with van der Waals surface area (Å²) in [7, 11) is 0. The summed E-state index contributed by atoms with van der Waals surface area (Å²) >= 11 is 0. The van der Waals surface area contributed by atoms with Crippen LogP contribution in [0.5, 0.6) is 0 Å². The summed E-state index contributed by atoms with van der Waals surface area (Å²) in [5.74, 6) is 0. The standard InChI is InChI=1S/C15H18F3NO2/c1-2-19-13(8-14(17)18)15(20,9-16)11-4-3-10-5-6-21-12(10)7-11/h3-7,13-14,19-20H,2,8-9H2,1H3. The van der Waals surface area contributed by atoms with Crippen LogP contribution in [0.25, 0.3) is 11.0 Å². The van der Waals surface area contributed by atoms with Crippen molar-refractivity contribution < 1.29 is 22.7 Å². The van der Waals surface area contributed by atoms with Gasteiger partial charge in [0.05, 0.1) is 6.26 Å². The normalized spacial score (nSPS) is 16.3. The lowest BCUT2D eigenvalue weighted by molar-refractivity contribution is -0.0429. The predicted molar refractivity (Wildman–Crippen MR) is 74.2 cm³/mol. The van der Waals surface area contributed by atoms with Gasteiger partial charge in [-0.25, -0.2) is 13.2 Å². The van der Waals surface area contributed by atoms with E-state index in [1.165, 1.54) is 18.4 Å². The zero-order valence-corrected chi connectivity index (χ0v) is 11.7. The van der Waals surface area contributed by atoms with Gasteiger partial charge in [-0.2, -0.15) is 0 Å². The molecule has 0 spiro atoms. The first-order valence-corrected chi connectivity index (χ1v) is 6.79. The minimum absolute atomic E-state index is 0.221. The van der Waals surface area contributed by atoms with Crippen LogP contribution < -0.4 is 5.32 Å².